The first-order chi connectivity index (χ1) is 8.05. The summed E-state index contributed by atoms with van der Waals surface area (Å²) in [7, 11) is 0.485. The third kappa shape index (κ3) is 1.95. The molecule has 0 amide bonds. The van der Waals surface area contributed by atoms with Gasteiger partial charge in [-0.15, -0.1) is 0 Å². The molecule has 0 saturated carbocycles. The summed E-state index contributed by atoms with van der Waals surface area (Å²) in [6, 6.07) is 9.42. The van der Waals surface area contributed by atoms with Gasteiger partial charge < -0.3 is 0 Å². The van der Waals surface area contributed by atoms with Crippen LogP contribution in [0.1, 0.15) is 39.2 Å². The SMILES string of the molecule is CC(C)(C)c1ccc([S+]2C3C=CC2CC3)cc1. The lowest BCUT2D eigenvalue weighted by atomic mass is 9.87. The Morgan fingerprint density at radius 1 is 0.941 bits per heavy atom. The number of fused-ring (bicyclic) bond motifs is 2. The third-order valence-corrected chi connectivity index (χ3v) is 6.83. The van der Waals surface area contributed by atoms with Crippen LogP contribution in [0.15, 0.2) is 41.3 Å². The summed E-state index contributed by atoms with van der Waals surface area (Å²) in [6.07, 6.45) is 7.72. The van der Waals surface area contributed by atoms with Crippen LogP contribution >= 0.6 is 0 Å². The fourth-order valence-electron chi connectivity index (χ4n) is 2.88. The van der Waals surface area contributed by atoms with Crippen LogP contribution in [0.4, 0.5) is 0 Å². The largest absolute Gasteiger partial charge is 0.156 e. The molecule has 1 aromatic carbocycles. The molecule has 0 spiro atoms. The summed E-state index contributed by atoms with van der Waals surface area (Å²) >= 11 is 0. The smallest absolute Gasteiger partial charge is 0.0561 e. The number of benzene rings is 1. The molecule has 1 fully saturated rings. The maximum Gasteiger partial charge on any atom is 0.156 e. The second-order valence-electron chi connectivity index (χ2n) is 6.19. The molecule has 1 heteroatoms. The van der Waals surface area contributed by atoms with Gasteiger partial charge in [-0.2, -0.15) is 0 Å². The van der Waals surface area contributed by atoms with E-state index in [4.69, 9.17) is 0 Å². The van der Waals surface area contributed by atoms with Gasteiger partial charge in [0.25, 0.3) is 0 Å². The van der Waals surface area contributed by atoms with Crippen molar-refractivity contribution in [3.8, 4) is 0 Å². The normalized spacial score (nSPS) is 31.1. The van der Waals surface area contributed by atoms with Gasteiger partial charge in [0.05, 0.1) is 0 Å². The van der Waals surface area contributed by atoms with Crippen molar-refractivity contribution in [2.75, 3.05) is 0 Å². The Labute approximate surface area is 107 Å². The van der Waals surface area contributed by atoms with E-state index in [1.54, 1.807) is 4.90 Å². The maximum atomic E-state index is 2.45. The monoisotopic (exact) mass is 245 g/mol. The van der Waals surface area contributed by atoms with Crippen molar-refractivity contribution in [1.29, 1.82) is 0 Å². The van der Waals surface area contributed by atoms with Gasteiger partial charge in [-0.3, -0.25) is 0 Å². The van der Waals surface area contributed by atoms with Gasteiger partial charge >= 0.3 is 0 Å². The molecule has 0 aromatic heterocycles. The first kappa shape index (κ1) is 11.4. The summed E-state index contributed by atoms with van der Waals surface area (Å²) in [5.41, 5.74) is 1.72. The molecule has 0 radical (unpaired) electrons. The molecule has 1 saturated heterocycles. The van der Waals surface area contributed by atoms with Crippen LogP contribution in [0.25, 0.3) is 0 Å². The highest BCUT2D eigenvalue weighted by Crippen LogP contribution is 2.41. The quantitative estimate of drug-likeness (QED) is 0.517. The zero-order valence-electron chi connectivity index (χ0n) is 10.9. The van der Waals surface area contributed by atoms with E-state index in [0.717, 1.165) is 10.5 Å². The number of hydrogen-bond donors (Lipinski definition) is 0. The van der Waals surface area contributed by atoms with Gasteiger partial charge in [0.15, 0.2) is 4.90 Å². The Morgan fingerprint density at radius 2 is 1.47 bits per heavy atom. The molecule has 2 unspecified atom stereocenters. The summed E-state index contributed by atoms with van der Waals surface area (Å²) in [4.78, 5) is 1.58. The summed E-state index contributed by atoms with van der Waals surface area (Å²) in [6.45, 7) is 6.85. The molecule has 2 atom stereocenters. The predicted molar refractivity (Wildman–Crippen MR) is 76.7 cm³/mol. The Bertz CT molecular complexity index is 422. The highest BCUT2D eigenvalue weighted by atomic mass is 32.2. The van der Waals surface area contributed by atoms with E-state index in [2.05, 4.69) is 57.2 Å². The molecule has 1 aromatic rings. The molecule has 2 heterocycles. The van der Waals surface area contributed by atoms with E-state index in [-0.39, 0.29) is 5.41 Å². The van der Waals surface area contributed by atoms with Crippen molar-refractivity contribution >= 4 is 10.9 Å². The van der Waals surface area contributed by atoms with Crippen molar-refractivity contribution in [3.05, 3.63) is 42.0 Å². The molecule has 0 aliphatic carbocycles. The van der Waals surface area contributed by atoms with E-state index >= 15 is 0 Å². The molecular formula is C16H21S+. The van der Waals surface area contributed by atoms with E-state index in [1.807, 2.05) is 0 Å². The van der Waals surface area contributed by atoms with Crippen molar-refractivity contribution in [2.24, 2.45) is 0 Å². The average molecular weight is 245 g/mol. The Morgan fingerprint density at radius 3 is 1.88 bits per heavy atom. The van der Waals surface area contributed by atoms with Gasteiger partial charge in [-0.25, -0.2) is 0 Å². The van der Waals surface area contributed by atoms with E-state index < -0.39 is 0 Å². The minimum absolute atomic E-state index is 0.272. The molecule has 0 N–H and O–H groups in total. The van der Waals surface area contributed by atoms with E-state index in [9.17, 15) is 0 Å². The fraction of sp³-hybridized carbons (Fsp3) is 0.500. The van der Waals surface area contributed by atoms with Gasteiger partial charge in [-0.05, 0) is 35.3 Å². The van der Waals surface area contributed by atoms with Crippen LogP contribution in [0, 0.1) is 0 Å². The van der Waals surface area contributed by atoms with Gasteiger partial charge in [0.1, 0.15) is 10.5 Å². The average Bonchev–Trinajstić information content (AvgIpc) is 2.87. The summed E-state index contributed by atoms with van der Waals surface area (Å²) < 4.78 is 0. The van der Waals surface area contributed by atoms with Crippen molar-refractivity contribution in [1.82, 2.24) is 0 Å². The van der Waals surface area contributed by atoms with E-state index in [1.165, 1.54) is 18.4 Å². The predicted octanol–water partition coefficient (Wildman–Crippen LogP) is 4.06. The highest BCUT2D eigenvalue weighted by molar-refractivity contribution is 7.99. The van der Waals surface area contributed by atoms with Crippen molar-refractivity contribution in [3.63, 3.8) is 0 Å². The second-order valence-corrected chi connectivity index (χ2v) is 8.61. The topological polar surface area (TPSA) is 0 Å². The summed E-state index contributed by atoms with van der Waals surface area (Å²) in [5, 5.41) is 1.70. The number of hydrogen-bond acceptors (Lipinski definition) is 0. The first-order valence-electron chi connectivity index (χ1n) is 6.56. The molecule has 2 bridgehead atoms. The lowest BCUT2D eigenvalue weighted by Gasteiger charge is -2.19. The van der Waals surface area contributed by atoms with Crippen LogP contribution < -0.4 is 0 Å². The molecular weight excluding hydrogens is 224 g/mol. The molecule has 0 nitrogen and oxygen atoms in total. The van der Waals surface area contributed by atoms with Crippen LogP contribution in [0.3, 0.4) is 0 Å². The molecule has 2 aliphatic heterocycles. The lowest BCUT2D eigenvalue weighted by molar-refractivity contribution is 0.589. The van der Waals surface area contributed by atoms with Crippen molar-refractivity contribution in [2.45, 2.75) is 54.4 Å². The highest BCUT2D eigenvalue weighted by Gasteiger charge is 2.48. The van der Waals surface area contributed by atoms with Crippen LogP contribution in [0.5, 0.6) is 0 Å². The second kappa shape index (κ2) is 3.91. The molecule has 2 aliphatic rings. The minimum atomic E-state index is 0.272. The Hall–Kier alpha value is -0.690. The van der Waals surface area contributed by atoms with Gasteiger partial charge in [-0.1, -0.05) is 32.9 Å². The third-order valence-electron chi connectivity index (χ3n) is 3.92. The Balaban J connectivity index is 1.86. The van der Waals surface area contributed by atoms with E-state index in [0.29, 0.717) is 10.9 Å². The van der Waals surface area contributed by atoms with Crippen LogP contribution in [-0.4, -0.2) is 10.5 Å². The molecule has 17 heavy (non-hydrogen) atoms. The zero-order valence-corrected chi connectivity index (χ0v) is 11.8. The zero-order chi connectivity index (χ0) is 12.0. The molecule has 3 rings (SSSR count). The Kier molecular flexibility index (Phi) is 2.62. The van der Waals surface area contributed by atoms with Gasteiger partial charge in [0, 0.05) is 23.7 Å². The molecule has 90 valence electrons. The maximum absolute atomic E-state index is 2.45. The van der Waals surface area contributed by atoms with Gasteiger partial charge in [0.2, 0.25) is 0 Å². The van der Waals surface area contributed by atoms with Crippen molar-refractivity contribution < 1.29 is 0 Å². The fourth-order valence-corrected chi connectivity index (χ4v) is 5.78. The first-order valence-corrected chi connectivity index (χ1v) is 7.91. The van der Waals surface area contributed by atoms with Crippen LogP contribution in [0.2, 0.25) is 0 Å². The minimum Gasteiger partial charge on any atom is -0.0561 e. The van der Waals surface area contributed by atoms with Crippen LogP contribution in [-0.2, 0) is 16.3 Å². The standard InChI is InChI=1S/C16H21S/c1-16(2,3)12-4-6-13(7-5-12)17-14-8-9-15(17)11-10-14/h4-9,14-15H,10-11H2,1-3H3/q+1. The lowest BCUT2D eigenvalue weighted by Crippen LogP contribution is -2.16. The number of rotatable bonds is 1. The summed E-state index contributed by atoms with van der Waals surface area (Å²) in [5.74, 6) is 0.